The van der Waals surface area contributed by atoms with E-state index in [1.807, 2.05) is 12.1 Å². The molecule has 0 aromatic carbocycles. The van der Waals surface area contributed by atoms with Gasteiger partial charge < -0.3 is 9.73 Å². The first kappa shape index (κ1) is 16.9. The average Bonchev–Trinajstić information content (AvgIpc) is 3.00. The molecule has 2 atom stereocenters. The molecule has 1 saturated heterocycles. The molecule has 0 radical (unpaired) electrons. The van der Waals surface area contributed by atoms with Gasteiger partial charge >= 0.3 is 0 Å². The highest BCUT2D eigenvalue weighted by Gasteiger charge is 2.35. The third-order valence-corrected chi connectivity index (χ3v) is 7.13. The first-order valence-electron chi connectivity index (χ1n) is 7.32. The molecule has 1 N–H and O–H groups in total. The van der Waals surface area contributed by atoms with Crippen molar-refractivity contribution in [3.8, 4) is 0 Å². The number of nitrogens with one attached hydrogen (secondary N) is 1. The second-order valence-corrected chi connectivity index (χ2v) is 8.88. The number of thioether (sulfide) groups is 1. The normalized spacial score (nSPS) is 22.3. The van der Waals surface area contributed by atoms with Crippen LogP contribution in [0.3, 0.4) is 0 Å². The standard InChI is InChI=1S/C14H24N2O3S2/c1-3-21(17,18)14-11-20-8-6-16(14)12(2)9-15-10-13-5-4-7-19-13/h4-5,7,12,14-15H,3,6,8-11H2,1-2H3. The Bertz CT molecular complexity index is 516. The molecule has 0 aliphatic carbocycles. The first-order valence-corrected chi connectivity index (χ1v) is 10.2. The molecular weight excluding hydrogens is 308 g/mol. The average molecular weight is 332 g/mol. The minimum Gasteiger partial charge on any atom is -0.468 e. The molecule has 5 nitrogen and oxygen atoms in total. The van der Waals surface area contributed by atoms with Crippen LogP contribution < -0.4 is 5.32 Å². The molecule has 0 saturated carbocycles. The van der Waals surface area contributed by atoms with Crippen LogP contribution in [-0.2, 0) is 16.4 Å². The maximum absolute atomic E-state index is 12.2. The first-order chi connectivity index (χ1) is 10.0. The van der Waals surface area contributed by atoms with E-state index in [2.05, 4.69) is 17.1 Å². The quantitative estimate of drug-likeness (QED) is 0.818. The van der Waals surface area contributed by atoms with Crippen LogP contribution in [0.4, 0.5) is 0 Å². The SMILES string of the molecule is CCS(=O)(=O)C1CSCCN1C(C)CNCc1ccco1. The van der Waals surface area contributed by atoms with Gasteiger partial charge in [0.15, 0.2) is 9.84 Å². The van der Waals surface area contributed by atoms with Gasteiger partial charge in [-0.3, -0.25) is 4.90 Å². The van der Waals surface area contributed by atoms with E-state index in [9.17, 15) is 8.42 Å². The minimum atomic E-state index is -3.02. The van der Waals surface area contributed by atoms with Crippen LogP contribution in [0.2, 0.25) is 0 Å². The summed E-state index contributed by atoms with van der Waals surface area (Å²) in [7, 11) is -3.02. The number of hydrogen-bond donors (Lipinski definition) is 1. The molecule has 21 heavy (non-hydrogen) atoms. The molecule has 2 heterocycles. The molecule has 1 aliphatic rings. The summed E-state index contributed by atoms with van der Waals surface area (Å²) in [6.07, 6.45) is 1.66. The molecule has 2 rings (SSSR count). The number of sulfone groups is 1. The number of rotatable bonds is 7. The fourth-order valence-corrected chi connectivity index (χ4v) is 5.66. The Morgan fingerprint density at radius 2 is 2.38 bits per heavy atom. The summed E-state index contributed by atoms with van der Waals surface area (Å²) in [6.45, 7) is 6.07. The summed E-state index contributed by atoms with van der Waals surface area (Å²) >= 11 is 1.73. The lowest BCUT2D eigenvalue weighted by Gasteiger charge is -2.38. The van der Waals surface area contributed by atoms with Crippen LogP contribution in [-0.4, -0.2) is 55.1 Å². The molecule has 0 bridgehead atoms. The van der Waals surface area contributed by atoms with E-state index in [-0.39, 0.29) is 17.2 Å². The fraction of sp³-hybridized carbons (Fsp3) is 0.714. The van der Waals surface area contributed by atoms with Gasteiger partial charge in [0.25, 0.3) is 0 Å². The zero-order chi connectivity index (χ0) is 15.3. The van der Waals surface area contributed by atoms with Crippen molar-refractivity contribution in [1.29, 1.82) is 0 Å². The lowest BCUT2D eigenvalue weighted by atomic mass is 10.2. The van der Waals surface area contributed by atoms with Crippen molar-refractivity contribution in [3.63, 3.8) is 0 Å². The topological polar surface area (TPSA) is 62.6 Å². The van der Waals surface area contributed by atoms with Gasteiger partial charge in [-0.1, -0.05) is 6.92 Å². The molecular formula is C14H24N2O3S2. The Balaban J connectivity index is 1.90. The maximum atomic E-state index is 12.2. The zero-order valence-electron chi connectivity index (χ0n) is 12.6. The van der Waals surface area contributed by atoms with Gasteiger partial charge in [-0.05, 0) is 19.1 Å². The molecule has 0 spiro atoms. The molecule has 0 amide bonds. The van der Waals surface area contributed by atoms with E-state index in [4.69, 9.17) is 4.42 Å². The second kappa shape index (κ2) is 7.67. The largest absolute Gasteiger partial charge is 0.468 e. The molecule has 1 fully saturated rings. The van der Waals surface area contributed by atoms with Crippen molar-refractivity contribution in [2.45, 2.75) is 31.8 Å². The van der Waals surface area contributed by atoms with E-state index >= 15 is 0 Å². The highest BCUT2D eigenvalue weighted by atomic mass is 32.2. The summed E-state index contributed by atoms with van der Waals surface area (Å²) < 4.78 is 29.8. The highest BCUT2D eigenvalue weighted by molar-refractivity contribution is 8.01. The van der Waals surface area contributed by atoms with E-state index < -0.39 is 9.84 Å². The van der Waals surface area contributed by atoms with Crippen molar-refractivity contribution in [2.75, 3.05) is 30.3 Å². The van der Waals surface area contributed by atoms with E-state index in [1.165, 1.54) is 0 Å². The predicted octanol–water partition coefficient (Wildman–Crippen LogP) is 1.57. The van der Waals surface area contributed by atoms with E-state index in [0.29, 0.717) is 12.3 Å². The van der Waals surface area contributed by atoms with Gasteiger partial charge in [-0.15, -0.1) is 0 Å². The van der Waals surface area contributed by atoms with Crippen LogP contribution in [0.25, 0.3) is 0 Å². The Labute approximate surface area is 131 Å². The summed E-state index contributed by atoms with van der Waals surface area (Å²) in [4.78, 5) is 2.13. The van der Waals surface area contributed by atoms with Gasteiger partial charge in [0.2, 0.25) is 0 Å². The number of furan rings is 1. The van der Waals surface area contributed by atoms with Crippen LogP contribution in [0.1, 0.15) is 19.6 Å². The molecule has 120 valence electrons. The van der Waals surface area contributed by atoms with Crippen molar-refractivity contribution in [1.82, 2.24) is 10.2 Å². The van der Waals surface area contributed by atoms with Crippen LogP contribution in [0.5, 0.6) is 0 Å². The lowest BCUT2D eigenvalue weighted by Crippen LogP contribution is -2.54. The van der Waals surface area contributed by atoms with E-state index in [0.717, 1.165) is 24.6 Å². The third kappa shape index (κ3) is 4.48. The summed E-state index contributed by atoms with van der Waals surface area (Å²) in [5.41, 5.74) is 0. The van der Waals surface area contributed by atoms with Crippen molar-refractivity contribution >= 4 is 21.6 Å². The predicted molar refractivity (Wildman–Crippen MR) is 87.2 cm³/mol. The Kier molecular flexibility index (Phi) is 6.16. The Morgan fingerprint density at radius 1 is 1.57 bits per heavy atom. The number of nitrogens with zero attached hydrogens (tertiary/aromatic N) is 1. The van der Waals surface area contributed by atoms with Crippen molar-refractivity contribution in [3.05, 3.63) is 24.2 Å². The van der Waals surface area contributed by atoms with Crippen molar-refractivity contribution in [2.24, 2.45) is 0 Å². The van der Waals surface area contributed by atoms with Gasteiger partial charge in [0.05, 0.1) is 12.8 Å². The molecule has 1 aliphatic heterocycles. The molecule has 7 heteroatoms. The van der Waals surface area contributed by atoms with Crippen LogP contribution in [0.15, 0.2) is 22.8 Å². The monoisotopic (exact) mass is 332 g/mol. The molecule has 1 aromatic rings. The van der Waals surface area contributed by atoms with Gasteiger partial charge in [0.1, 0.15) is 11.1 Å². The van der Waals surface area contributed by atoms with Crippen LogP contribution in [0, 0.1) is 0 Å². The van der Waals surface area contributed by atoms with Gasteiger partial charge in [-0.2, -0.15) is 11.8 Å². The molecule has 2 unspecified atom stereocenters. The van der Waals surface area contributed by atoms with Gasteiger partial charge in [-0.25, -0.2) is 8.42 Å². The maximum Gasteiger partial charge on any atom is 0.166 e. The fourth-order valence-electron chi connectivity index (χ4n) is 2.54. The third-order valence-electron chi connectivity index (χ3n) is 3.83. The van der Waals surface area contributed by atoms with Gasteiger partial charge in [0, 0.05) is 36.4 Å². The van der Waals surface area contributed by atoms with Crippen LogP contribution >= 0.6 is 11.8 Å². The van der Waals surface area contributed by atoms with Crippen molar-refractivity contribution < 1.29 is 12.8 Å². The van der Waals surface area contributed by atoms with E-state index in [1.54, 1.807) is 24.9 Å². The Morgan fingerprint density at radius 3 is 3.05 bits per heavy atom. The number of hydrogen-bond acceptors (Lipinski definition) is 6. The summed E-state index contributed by atoms with van der Waals surface area (Å²) in [5.74, 6) is 2.78. The summed E-state index contributed by atoms with van der Waals surface area (Å²) in [5, 5.41) is 2.99. The Hall–Kier alpha value is -0.500. The lowest BCUT2D eigenvalue weighted by molar-refractivity contribution is 0.199. The highest BCUT2D eigenvalue weighted by Crippen LogP contribution is 2.23. The summed E-state index contributed by atoms with van der Waals surface area (Å²) in [6, 6.07) is 3.98. The smallest absolute Gasteiger partial charge is 0.166 e. The zero-order valence-corrected chi connectivity index (χ0v) is 14.3. The second-order valence-electron chi connectivity index (χ2n) is 5.28. The molecule has 1 aromatic heterocycles. The minimum absolute atomic E-state index is 0.187.